The Kier molecular flexibility index (Phi) is 4.81. The van der Waals surface area contributed by atoms with E-state index in [1.807, 2.05) is 43.3 Å². The smallest absolute Gasteiger partial charge is 0.0553 e. The minimum absolute atomic E-state index is 0.112. The molecule has 106 valence electrons. The van der Waals surface area contributed by atoms with E-state index in [0.717, 1.165) is 11.1 Å². The van der Waals surface area contributed by atoms with Crippen LogP contribution in [0.2, 0.25) is 5.02 Å². The first-order valence-corrected chi connectivity index (χ1v) is 7.01. The van der Waals surface area contributed by atoms with Crippen molar-refractivity contribution >= 4 is 11.6 Å². The molecule has 3 heteroatoms. The molecule has 2 N–H and O–H groups in total. The van der Waals surface area contributed by atoms with E-state index in [0.29, 0.717) is 11.4 Å². The van der Waals surface area contributed by atoms with Gasteiger partial charge in [0.05, 0.1) is 13.2 Å². The summed E-state index contributed by atoms with van der Waals surface area (Å²) >= 11 is 5.90. The van der Waals surface area contributed by atoms with Crippen molar-refractivity contribution in [2.24, 2.45) is 0 Å². The number of hydrogen-bond donors (Lipinski definition) is 2. The van der Waals surface area contributed by atoms with E-state index in [2.05, 4.69) is 0 Å². The van der Waals surface area contributed by atoms with E-state index in [-0.39, 0.29) is 13.2 Å². The SMILES string of the molecule is Cc1ccc(CC(CO)(CO)c2ccc(Cl)cc2)cc1. The summed E-state index contributed by atoms with van der Waals surface area (Å²) in [5.74, 6) is 0. The lowest BCUT2D eigenvalue weighted by molar-refractivity contribution is 0.116. The molecule has 20 heavy (non-hydrogen) atoms. The topological polar surface area (TPSA) is 40.5 Å². The fraction of sp³-hybridized carbons (Fsp3) is 0.294. The zero-order valence-electron chi connectivity index (χ0n) is 11.5. The summed E-state index contributed by atoms with van der Waals surface area (Å²) in [4.78, 5) is 0. The Balaban J connectivity index is 2.33. The highest BCUT2D eigenvalue weighted by molar-refractivity contribution is 6.30. The normalized spacial score (nSPS) is 11.6. The molecule has 0 fully saturated rings. The van der Waals surface area contributed by atoms with Crippen molar-refractivity contribution in [3.8, 4) is 0 Å². The van der Waals surface area contributed by atoms with E-state index in [1.54, 1.807) is 12.1 Å². The molecule has 2 nitrogen and oxygen atoms in total. The Hall–Kier alpha value is -1.35. The standard InChI is InChI=1S/C17H19ClO2/c1-13-2-4-14(5-3-13)10-17(11-19,12-20)15-6-8-16(18)9-7-15/h2-9,19-20H,10-12H2,1H3. The molecular formula is C17H19ClO2. The van der Waals surface area contributed by atoms with Crippen LogP contribution in [0.3, 0.4) is 0 Å². The molecule has 0 saturated carbocycles. The highest BCUT2D eigenvalue weighted by Gasteiger charge is 2.31. The third-order valence-electron chi connectivity index (χ3n) is 3.73. The number of aliphatic hydroxyl groups is 2. The van der Waals surface area contributed by atoms with Crippen molar-refractivity contribution in [2.75, 3.05) is 13.2 Å². The highest BCUT2D eigenvalue weighted by atomic mass is 35.5. The molecule has 0 aliphatic rings. The van der Waals surface area contributed by atoms with Crippen molar-refractivity contribution < 1.29 is 10.2 Å². The fourth-order valence-corrected chi connectivity index (χ4v) is 2.47. The Morgan fingerprint density at radius 2 is 1.45 bits per heavy atom. The van der Waals surface area contributed by atoms with Crippen molar-refractivity contribution in [1.29, 1.82) is 0 Å². The molecule has 2 aromatic carbocycles. The second kappa shape index (κ2) is 6.40. The summed E-state index contributed by atoms with van der Waals surface area (Å²) in [7, 11) is 0. The lowest BCUT2D eigenvalue weighted by Gasteiger charge is -2.30. The fourth-order valence-electron chi connectivity index (χ4n) is 2.35. The van der Waals surface area contributed by atoms with Gasteiger partial charge in [0.1, 0.15) is 0 Å². The Bertz CT molecular complexity index is 542. The molecule has 0 bridgehead atoms. The van der Waals surface area contributed by atoms with Crippen LogP contribution in [0, 0.1) is 6.92 Å². The average Bonchev–Trinajstić information content (AvgIpc) is 2.48. The van der Waals surface area contributed by atoms with E-state index in [1.165, 1.54) is 5.56 Å². The Morgan fingerprint density at radius 1 is 0.900 bits per heavy atom. The van der Waals surface area contributed by atoms with Crippen LogP contribution >= 0.6 is 11.6 Å². The van der Waals surface area contributed by atoms with E-state index < -0.39 is 5.41 Å². The molecule has 0 spiro atoms. The van der Waals surface area contributed by atoms with E-state index in [4.69, 9.17) is 11.6 Å². The van der Waals surface area contributed by atoms with Crippen molar-refractivity contribution in [1.82, 2.24) is 0 Å². The number of halogens is 1. The second-order valence-electron chi connectivity index (χ2n) is 5.27. The van der Waals surface area contributed by atoms with Gasteiger partial charge in [0, 0.05) is 10.4 Å². The first-order chi connectivity index (χ1) is 9.59. The summed E-state index contributed by atoms with van der Waals surface area (Å²) in [6, 6.07) is 15.4. The van der Waals surface area contributed by atoms with E-state index in [9.17, 15) is 10.2 Å². The van der Waals surface area contributed by atoms with E-state index >= 15 is 0 Å². The molecule has 2 rings (SSSR count). The molecule has 0 unspecified atom stereocenters. The van der Waals surface area contributed by atoms with Gasteiger partial charge in [0.2, 0.25) is 0 Å². The summed E-state index contributed by atoms with van der Waals surface area (Å²) in [6.07, 6.45) is 0.585. The molecule has 0 amide bonds. The zero-order valence-corrected chi connectivity index (χ0v) is 12.3. The first-order valence-electron chi connectivity index (χ1n) is 6.63. The van der Waals surface area contributed by atoms with Crippen molar-refractivity contribution in [3.05, 3.63) is 70.2 Å². The van der Waals surface area contributed by atoms with Crippen LogP contribution in [-0.2, 0) is 11.8 Å². The van der Waals surface area contributed by atoms with Crippen LogP contribution in [0.1, 0.15) is 16.7 Å². The van der Waals surface area contributed by atoms with Crippen molar-refractivity contribution in [2.45, 2.75) is 18.8 Å². The van der Waals surface area contributed by atoms with Gasteiger partial charge in [-0.25, -0.2) is 0 Å². The van der Waals surface area contributed by atoms with Crippen molar-refractivity contribution in [3.63, 3.8) is 0 Å². The van der Waals surface area contributed by atoms with Crippen LogP contribution in [0.15, 0.2) is 48.5 Å². The summed E-state index contributed by atoms with van der Waals surface area (Å²) < 4.78 is 0. The quantitative estimate of drug-likeness (QED) is 0.888. The predicted molar refractivity (Wildman–Crippen MR) is 82.2 cm³/mol. The van der Waals surface area contributed by atoms with Gasteiger partial charge >= 0.3 is 0 Å². The van der Waals surface area contributed by atoms with Crippen LogP contribution in [0.4, 0.5) is 0 Å². The average molecular weight is 291 g/mol. The monoisotopic (exact) mass is 290 g/mol. The Labute approximate surface area is 124 Å². The summed E-state index contributed by atoms with van der Waals surface area (Å²) in [5, 5.41) is 20.3. The highest BCUT2D eigenvalue weighted by Crippen LogP contribution is 2.29. The van der Waals surface area contributed by atoms with Crippen LogP contribution < -0.4 is 0 Å². The molecule has 0 saturated heterocycles. The lowest BCUT2D eigenvalue weighted by Crippen LogP contribution is -2.37. The van der Waals surface area contributed by atoms with Gasteiger partial charge < -0.3 is 10.2 Å². The minimum Gasteiger partial charge on any atom is -0.395 e. The van der Waals surface area contributed by atoms with Crippen LogP contribution in [0.5, 0.6) is 0 Å². The zero-order chi connectivity index (χ0) is 14.6. The number of aliphatic hydroxyl groups excluding tert-OH is 2. The molecule has 2 aromatic rings. The summed E-state index contributed by atoms with van der Waals surface area (Å²) in [5.41, 5.74) is 2.50. The largest absolute Gasteiger partial charge is 0.395 e. The number of hydrogen-bond acceptors (Lipinski definition) is 2. The lowest BCUT2D eigenvalue weighted by atomic mass is 9.77. The third kappa shape index (κ3) is 3.21. The van der Waals surface area contributed by atoms with Crippen LogP contribution in [-0.4, -0.2) is 23.4 Å². The number of rotatable bonds is 5. The Morgan fingerprint density at radius 3 is 1.95 bits per heavy atom. The summed E-state index contributed by atoms with van der Waals surface area (Å²) in [6.45, 7) is 1.81. The maximum Gasteiger partial charge on any atom is 0.0553 e. The van der Waals surface area contributed by atoms with Gasteiger partial charge in [-0.15, -0.1) is 0 Å². The maximum absolute atomic E-state index is 9.82. The second-order valence-corrected chi connectivity index (χ2v) is 5.70. The van der Waals surface area contributed by atoms with Gasteiger partial charge in [-0.3, -0.25) is 0 Å². The molecule has 0 aromatic heterocycles. The molecule has 0 aliphatic carbocycles. The van der Waals surface area contributed by atoms with Gasteiger partial charge in [0.25, 0.3) is 0 Å². The molecule has 0 atom stereocenters. The first kappa shape index (κ1) is 15.0. The van der Waals surface area contributed by atoms with Gasteiger partial charge in [-0.1, -0.05) is 53.6 Å². The molecule has 0 radical (unpaired) electrons. The van der Waals surface area contributed by atoms with Crippen LogP contribution in [0.25, 0.3) is 0 Å². The van der Waals surface area contributed by atoms with Gasteiger partial charge in [-0.2, -0.15) is 0 Å². The third-order valence-corrected chi connectivity index (χ3v) is 3.98. The number of benzene rings is 2. The van der Waals surface area contributed by atoms with Gasteiger partial charge in [-0.05, 0) is 36.6 Å². The molecular weight excluding hydrogens is 272 g/mol. The molecule has 0 heterocycles. The minimum atomic E-state index is -0.681. The van der Waals surface area contributed by atoms with Gasteiger partial charge in [0.15, 0.2) is 0 Å². The number of aryl methyl sites for hydroxylation is 1. The maximum atomic E-state index is 9.82. The predicted octanol–water partition coefficient (Wildman–Crippen LogP) is 3.11. The molecule has 0 aliphatic heterocycles.